The van der Waals surface area contributed by atoms with Crippen molar-refractivity contribution in [2.45, 2.75) is 51.1 Å². The minimum atomic E-state index is -3.76. The Kier molecular flexibility index (Phi) is 6.58. The number of ether oxygens (including phenoxy) is 1. The zero-order valence-electron chi connectivity index (χ0n) is 17.6. The summed E-state index contributed by atoms with van der Waals surface area (Å²) in [5, 5.41) is 3.11. The van der Waals surface area contributed by atoms with Crippen molar-refractivity contribution in [1.29, 1.82) is 0 Å². The number of rotatable bonds is 8. The average molecular weight is 434 g/mol. The quantitative estimate of drug-likeness (QED) is 0.633. The first kappa shape index (κ1) is 21.1. The van der Waals surface area contributed by atoms with Crippen molar-refractivity contribution in [2.75, 3.05) is 33.3 Å². The lowest BCUT2D eigenvalue weighted by Gasteiger charge is -2.26. The molecular formula is C21H31N5O3S. The van der Waals surface area contributed by atoms with Crippen molar-refractivity contribution in [3.63, 3.8) is 0 Å². The van der Waals surface area contributed by atoms with Crippen molar-refractivity contribution in [3.8, 4) is 5.75 Å². The Morgan fingerprint density at radius 1 is 1.20 bits per heavy atom. The van der Waals surface area contributed by atoms with E-state index >= 15 is 0 Å². The minimum Gasteiger partial charge on any atom is -0.494 e. The molecule has 1 saturated carbocycles. The molecule has 4 rings (SSSR count). The number of hydrogen-bond acceptors (Lipinski definition) is 6. The highest BCUT2D eigenvalue weighted by molar-refractivity contribution is 7.89. The summed E-state index contributed by atoms with van der Waals surface area (Å²) in [6.45, 7) is 4.45. The molecule has 1 N–H and O–H groups in total. The van der Waals surface area contributed by atoms with Gasteiger partial charge in [0.15, 0.2) is 11.7 Å². The van der Waals surface area contributed by atoms with E-state index in [1.54, 1.807) is 0 Å². The van der Waals surface area contributed by atoms with Crippen molar-refractivity contribution >= 4 is 21.9 Å². The number of nitrogens with one attached hydrogen (secondary N) is 1. The van der Waals surface area contributed by atoms with Gasteiger partial charge >= 0.3 is 10.2 Å². The van der Waals surface area contributed by atoms with Gasteiger partial charge in [0.2, 0.25) is 0 Å². The Labute approximate surface area is 179 Å². The molecule has 0 amide bonds. The highest BCUT2D eigenvalue weighted by atomic mass is 32.2. The molecule has 2 fully saturated rings. The summed E-state index contributed by atoms with van der Waals surface area (Å²) < 4.78 is 37.0. The Morgan fingerprint density at radius 3 is 2.77 bits per heavy atom. The molecule has 0 unspecified atom stereocenters. The lowest BCUT2D eigenvalue weighted by molar-refractivity contribution is 0.220. The standard InChI is InChI=1S/C21H31N5O3S/c1-25(18-9-10-18)21-20(23-30(27,28)24-21)22-11-6-14-29-19-8-5-7-17(15-19)16-26-12-3-2-4-13-26/h5,7-8,15,18H,2-4,6,9-14,16H2,1H3,(H,22,23). The van der Waals surface area contributed by atoms with Crippen LogP contribution in [-0.2, 0) is 16.8 Å². The van der Waals surface area contributed by atoms with Crippen LogP contribution < -0.4 is 10.1 Å². The Bertz CT molecular complexity index is 905. The summed E-state index contributed by atoms with van der Waals surface area (Å²) in [7, 11) is -1.89. The third-order valence-corrected chi connectivity index (χ3v) is 6.50. The van der Waals surface area contributed by atoms with E-state index in [1.165, 1.54) is 37.9 Å². The molecule has 0 atom stereocenters. The zero-order valence-corrected chi connectivity index (χ0v) is 18.4. The third-order valence-electron chi connectivity index (χ3n) is 5.68. The minimum absolute atomic E-state index is 0.341. The number of amidine groups is 2. The molecule has 30 heavy (non-hydrogen) atoms. The first-order valence-electron chi connectivity index (χ1n) is 10.9. The number of piperidine rings is 1. The normalized spacial score (nSPS) is 21.1. The second-order valence-electron chi connectivity index (χ2n) is 8.26. The summed E-state index contributed by atoms with van der Waals surface area (Å²) in [4.78, 5) is 4.40. The number of likely N-dealkylation sites (N-methyl/N-ethyl adjacent to an activating group) is 1. The van der Waals surface area contributed by atoms with Crippen molar-refractivity contribution in [1.82, 2.24) is 15.1 Å². The first-order chi connectivity index (χ1) is 14.5. The van der Waals surface area contributed by atoms with Gasteiger partial charge in [0, 0.05) is 26.2 Å². The van der Waals surface area contributed by atoms with Gasteiger partial charge < -0.3 is 15.0 Å². The van der Waals surface area contributed by atoms with Crippen LogP contribution in [0.2, 0.25) is 0 Å². The van der Waals surface area contributed by atoms with Gasteiger partial charge in [-0.1, -0.05) is 18.6 Å². The summed E-state index contributed by atoms with van der Waals surface area (Å²) in [5.41, 5.74) is 1.28. The molecule has 1 aliphatic carbocycles. The van der Waals surface area contributed by atoms with Crippen LogP contribution in [0.15, 0.2) is 33.1 Å². The van der Waals surface area contributed by atoms with Gasteiger partial charge in [0.25, 0.3) is 0 Å². The van der Waals surface area contributed by atoms with E-state index < -0.39 is 10.2 Å². The monoisotopic (exact) mass is 433 g/mol. The lowest BCUT2D eigenvalue weighted by atomic mass is 10.1. The van der Waals surface area contributed by atoms with Crippen LogP contribution in [0.5, 0.6) is 5.75 Å². The van der Waals surface area contributed by atoms with Gasteiger partial charge in [0.1, 0.15) is 5.75 Å². The van der Waals surface area contributed by atoms with Crippen LogP contribution in [-0.4, -0.2) is 69.2 Å². The molecule has 0 spiro atoms. The van der Waals surface area contributed by atoms with E-state index in [0.29, 0.717) is 30.9 Å². The van der Waals surface area contributed by atoms with E-state index in [4.69, 9.17) is 4.74 Å². The fourth-order valence-corrected chi connectivity index (χ4v) is 4.74. The summed E-state index contributed by atoms with van der Waals surface area (Å²) in [6, 6.07) is 8.66. The van der Waals surface area contributed by atoms with Gasteiger partial charge in [-0.05, 0) is 62.9 Å². The number of nitrogens with zero attached hydrogens (tertiary/aromatic N) is 4. The predicted octanol–water partition coefficient (Wildman–Crippen LogP) is 2.18. The Balaban J connectivity index is 1.21. The molecule has 1 saturated heterocycles. The molecule has 8 nitrogen and oxygen atoms in total. The molecule has 2 heterocycles. The van der Waals surface area contributed by atoms with Crippen molar-refractivity contribution < 1.29 is 13.2 Å². The maximum absolute atomic E-state index is 11.8. The molecule has 9 heteroatoms. The highest BCUT2D eigenvalue weighted by Crippen LogP contribution is 2.27. The molecule has 164 valence electrons. The summed E-state index contributed by atoms with van der Waals surface area (Å²) in [5.74, 6) is 1.64. The number of benzene rings is 1. The van der Waals surface area contributed by atoms with E-state index in [0.717, 1.165) is 31.6 Å². The van der Waals surface area contributed by atoms with Gasteiger partial charge in [0.05, 0.1) is 6.61 Å². The fraction of sp³-hybridized carbons (Fsp3) is 0.619. The van der Waals surface area contributed by atoms with E-state index in [-0.39, 0.29) is 0 Å². The van der Waals surface area contributed by atoms with Crippen LogP contribution in [0.3, 0.4) is 0 Å². The molecular weight excluding hydrogens is 402 g/mol. The van der Waals surface area contributed by atoms with E-state index in [9.17, 15) is 8.42 Å². The van der Waals surface area contributed by atoms with Crippen molar-refractivity contribution in [2.24, 2.45) is 8.80 Å². The molecule has 0 bridgehead atoms. The lowest BCUT2D eigenvalue weighted by Crippen LogP contribution is -2.41. The largest absolute Gasteiger partial charge is 0.494 e. The molecule has 1 aromatic carbocycles. The predicted molar refractivity (Wildman–Crippen MR) is 118 cm³/mol. The molecule has 0 aromatic heterocycles. The molecule has 1 aromatic rings. The Hall–Kier alpha value is -2.13. The van der Waals surface area contributed by atoms with Gasteiger partial charge in [-0.2, -0.15) is 8.42 Å². The smallest absolute Gasteiger partial charge is 0.367 e. The molecule has 0 radical (unpaired) electrons. The van der Waals surface area contributed by atoms with Crippen LogP contribution in [0.4, 0.5) is 0 Å². The second kappa shape index (κ2) is 9.34. The highest BCUT2D eigenvalue weighted by Gasteiger charge is 2.34. The first-order valence-corrected chi connectivity index (χ1v) is 12.3. The second-order valence-corrected chi connectivity index (χ2v) is 9.52. The number of likely N-dealkylation sites (tertiary alicyclic amines) is 1. The number of hydrogen-bond donors (Lipinski definition) is 1. The van der Waals surface area contributed by atoms with Crippen molar-refractivity contribution in [3.05, 3.63) is 29.8 Å². The van der Waals surface area contributed by atoms with Crippen LogP contribution in [0.1, 0.15) is 44.1 Å². The van der Waals surface area contributed by atoms with Gasteiger partial charge in [-0.15, -0.1) is 8.80 Å². The zero-order chi connectivity index (χ0) is 21.0. The van der Waals surface area contributed by atoms with Gasteiger partial charge in [-0.25, -0.2) is 0 Å². The fourth-order valence-electron chi connectivity index (χ4n) is 3.88. The SMILES string of the molecule is CN(C1=NS(=O)(=O)N=C1NCCCOc1cccc(CN2CCCCC2)c1)C1CC1. The van der Waals surface area contributed by atoms with E-state index in [1.807, 2.05) is 24.1 Å². The Morgan fingerprint density at radius 2 is 2.00 bits per heavy atom. The van der Waals surface area contributed by atoms with Gasteiger partial charge in [-0.3, -0.25) is 4.90 Å². The van der Waals surface area contributed by atoms with E-state index in [2.05, 4.69) is 31.1 Å². The average Bonchev–Trinajstić information content (AvgIpc) is 3.52. The van der Waals surface area contributed by atoms with Crippen LogP contribution in [0.25, 0.3) is 0 Å². The summed E-state index contributed by atoms with van der Waals surface area (Å²) >= 11 is 0. The molecule has 3 aliphatic rings. The maximum atomic E-state index is 11.8. The maximum Gasteiger partial charge on any atom is 0.367 e. The molecule has 2 aliphatic heterocycles. The topological polar surface area (TPSA) is 86.6 Å². The third kappa shape index (κ3) is 5.72. The van der Waals surface area contributed by atoms with Crippen LogP contribution in [0, 0.1) is 0 Å². The van der Waals surface area contributed by atoms with Crippen LogP contribution >= 0.6 is 0 Å². The summed E-state index contributed by atoms with van der Waals surface area (Å²) in [6.07, 6.45) is 6.78.